The van der Waals surface area contributed by atoms with Crippen LogP contribution in [0.1, 0.15) is 10.6 Å². The third kappa shape index (κ3) is 4.42. The highest BCUT2D eigenvalue weighted by molar-refractivity contribution is 7.09. The van der Waals surface area contributed by atoms with Gasteiger partial charge in [-0.1, -0.05) is 11.6 Å². The number of halogens is 1. The van der Waals surface area contributed by atoms with E-state index >= 15 is 0 Å². The number of nitrogens with two attached hydrogens (primary N) is 1. The van der Waals surface area contributed by atoms with E-state index in [1.54, 1.807) is 29.5 Å². The predicted molar refractivity (Wildman–Crippen MR) is 87.7 cm³/mol. The van der Waals surface area contributed by atoms with Gasteiger partial charge in [-0.15, -0.1) is 11.3 Å². The van der Waals surface area contributed by atoms with Crippen LogP contribution in [0.25, 0.3) is 0 Å². The normalized spacial score (nSPS) is 10.9. The quantitative estimate of drug-likeness (QED) is 0.830. The molecule has 0 radical (unpaired) electrons. The number of amides is 1. The molecule has 0 aliphatic heterocycles. The van der Waals surface area contributed by atoms with Crippen LogP contribution in [0.15, 0.2) is 23.7 Å². The molecule has 0 atom stereocenters. The number of hydrogen-bond acceptors (Lipinski definition) is 5. The first-order valence-electron chi connectivity index (χ1n) is 6.38. The molecule has 1 aromatic heterocycles. The van der Waals surface area contributed by atoms with Crippen LogP contribution < -0.4 is 11.1 Å². The zero-order chi connectivity index (χ0) is 15.4. The monoisotopic (exact) mass is 324 g/mol. The smallest absolute Gasteiger partial charge is 0.238 e. The lowest BCUT2D eigenvalue weighted by atomic mass is 10.2. The van der Waals surface area contributed by atoms with Crippen molar-refractivity contribution in [3.8, 4) is 0 Å². The van der Waals surface area contributed by atoms with Crippen LogP contribution in [0.2, 0.25) is 5.02 Å². The van der Waals surface area contributed by atoms with E-state index < -0.39 is 0 Å². The number of carbonyl (C=O) groups is 1. The first-order valence-corrected chi connectivity index (χ1v) is 7.64. The maximum absolute atomic E-state index is 12.0. The molecule has 1 amide bonds. The van der Waals surface area contributed by atoms with Crippen LogP contribution in [0, 0.1) is 6.92 Å². The Morgan fingerprint density at radius 1 is 1.52 bits per heavy atom. The molecule has 0 aliphatic rings. The molecule has 0 saturated carbocycles. The Morgan fingerprint density at radius 3 is 2.90 bits per heavy atom. The van der Waals surface area contributed by atoms with Crippen molar-refractivity contribution in [1.82, 2.24) is 9.88 Å². The van der Waals surface area contributed by atoms with Crippen molar-refractivity contribution in [3.63, 3.8) is 0 Å². The Morgan fingerprint density at radius 2 is 2.29 bits per heavy atom. The average molecular weight is 325 g/mol. The molecule has 3 N–H and O–H groups in total. The van der Waals surface area contributed by atoms with Gasteiger partial charge in [-0.25, -0.2) is 4.98 Å². The summed E-state index contributed by atoms with van der Waals surface area (Å²) in [6.45, 7) is 2.94. The molecular formula is C14H17ClN4OS. The number of nitrogen functional groups attached to an aromatic ring is 1. The molecule has 0 fully saturated rings. The molecule has 21 heavy (non-hydrogen) atoms. The molecule has 0 spiro atoms. The van der Waals surface area contributed by atoms with E-state index in [4.69, 9.17) is 17.3 Å². The van der Waals surface area contributed by atoms with E-state index in [9.17, 15) is 4.79 Å². The highest BCUT2D eigenvalue weighted by Crippen LogP contribution is 2.22. The van der Waals surface area contributed by atoms with Crippen LogP contribution in [0.4, 0.5) is 11.4 Å². The van der Waals surface area contributed by atoms with Gasteiger partial charge < -0.3 is 11.1 Å². The van der Waals surface area contributed by atoms with Crippen molar-refractivity contribution in [1.29, 1.82) is 0 Å². The van der Waals surface area contributed by atoms with Gasteiger partial charge >= 0.3 is 0 Å². The standard InChI is InChI=1S/C14H17ClN4OS/c1-9-13(21-8-17-9)6-19(2)7-14(20)18-12-4-3-10(15)5-11(12)16/h3-5,8H,6-7,16H2,1-2H3,(H,18,20). The van der Waals surface area contributed by atoms with E-state index in [-0.39, 0.29) is 12.5 Å². The van der Waals surface area contributed by atoms with Crippen molar-refractivity contribution in [2.24, 2.45) is 0 Å². The van der Waals surface area contributed by atoms with Crippen LogP contribution in [0.5, 0.6) is 0 Å². The molecule has 7 heteroatoms. The molecule has 2 rings (SSSR count). The summed E-state index contributed by atoms with van der Waals surface area (Å²) in [5.41, 5.74) is 9.66. The molecule has 112 valence electrons. The first kappa shape index (κ1) is 15.8. The number of carbonyl (C=O) groups excluding carboxylic acids is 1. The van der Waals surface area contributed by atoms with Gasteiger partial charge in [0.05, 0.1) is 29.1 Å². The number of anilines is 2. The van der Waals surface area contributed by atoms with E-state index in [2.05, 4.69) is 10.3 Å². The fourth-order valence-corrected chi connectivity index (χ4v) is 2.90. The number of thiazole rings is 1. The molecule has 0 bridgehead atoms. The number of aryl methyl sites for hydroxylation is 1. The molecule has 5 nitrogen and oxygen atoms in total. The lowest BCUT2D eigenvalue weighted by Gasteiger charge is -2.16. The van der Waals surface area contributed by atoms with Gasteiger partial charge in [0.2, 0.25) is 5.91 Å². The lowest BCUT2D eigenvalue weighted by molar-refractivity contribution is -0.117. The minimum Gasteiger partial charge on any atom is -0.397 e. The van der Waals surface area contributed by atoms with E-state index in [0.29, 0.717) is 22.9 Å². The summed E-state index contributed by atoms with van der Waals surface area (Å²) in [6, 6.07) is 5.00. The number of rotatable bonds is 5. The predicted octanol–water partition coefficient (Wildman–Crippen LogP) is 2.76. The summed E-state index contributed by atoms with van der Waals surface area (Å²) in [6.07, 6.45) is 0. The van der Waals surface area contributed by atoms with Crippen molar-refractivity contribution in [3.05, 3.63) is 39.3 Å². The molecule has 0 aliphatic carbocycles. The molecular weight excluding hydrogens is 308 g/mol. The maximum atomic E-state index is 12.0. The minimum atomic E-state index is -0.117. The van der Waals surface area contributed by atoms with Gasteiger partial charge in [0, 0.05) is 16.4 Å². The second-order valence-electron chi connectivity index (χ2n) is 4.81. The third-order valence-corrected chi connectivity index (χ3v) is 4.11. The van der Waals surface area contributed by atoms with E-state index in [1.807, 2.05) is 24.4 Å². The highest BCUT2D eigenvalue weighted by atomic mass is 35.5. The van der Waals surface area contributed by atoms with Crippen LogP contribution in [0.3, 0.4) is 0 Å². The van der Waals surface area contributed by atoms with Crippen molar-refractivity contribution >= 4 is 40.2 Å². The summed E-state index contributed by atoms with van der Waals surface area (Å²) >= 11 is 7.42. The van der Waals surface area contributed by atoms with Gasteiger partial charge in [0.15, 0.2) is 0 Å². The van der Waals surface area contributed by atoms with Crippen molar-refractivity contribution < 1.29 is 4.79 Å². The summed E-state index contributed by atoms with van der Waals surface area (Å²) in [7, 11) is 1.89. The van der Waals surface area contributed by atoms with Crippen LogP contribution >= 0.6 is 22.9 Å². The van der Waals surface area contributed by atoms with Gasteiger partial charge in [-0.05, 0) is 32.2 Å². The number of benzene rings is 1. The summed E-state index contributed by atoms with van der Waals surface area (Å²) in [5, 5.41) is 3.33. The zero-order valence-electron chi connectivity index (χ0n) is 11.9. The lowest BCUT2D eigenvalue weighted by Crippen LogP contribution is -2.30. The van der Waals surface area contributed by atoms with Crippen LogP contribution in [-0.2, 0) is 11.3 Å². The molecule has 1 aromatic carbocycles. The Labute approximate surface area is 132 Å². The molecule has 0 saturated heterocycles. The van der Waals surface area contributed by atoms with Crippen molar-refractivity contribution in [2.75, 3.05) is 24.6 Å². The number of aromatic nitrogens is 1. The Kier molecular flexibility index (Phi) is 5.17. The minimum absolute atomic E-state index is 0.117. The van der Waals surface area contributed by atoms with Crippen LogP contribution in [-0.4, -0.2) is 29.4 Å². The molecule has 0 unspecified atom stereocenters. The fraction of sp³-hybridized carbons (Fsp3) is 0.286. The Bertz CT molecular complexity index is 644. The van der Waals surface area contributed by atoms with Gasteiger partial charge in [0.1, 0.15) is 0 Å². The Hall–Kier alpha value is -1.63. The summed E-state index contributed by atoms with van der Waals surface area (Å²) in [5.74, 6) is -0.117. The average Bonchev–Trinajstić information content (AvgIpc) is 2.78. The number of nitrogens with one attached hydrogen (secondary N) is 1. The Balaban J connectivity index is 1.90. The largest absolute Gasteiger partial charge is 0.397 e. The molecule has 1 heterocycles. The fourth-order valence-electron chi connectivity index (χ4n) is 1.86. The number of hydrogen-bond donors (Lipinski definition) is 2. The summed E-state index contributed by atoms with van der Waals surface area (Å²) < 4.78 is 0. The van der Waals surface area contributed by atoms with Gasteiger partial charge in [-0.3, -0.25) is 9.69 Å². The van der Waals surface area contributed by atoms with Crippen molar-refractivity contribution in [2.45, 2.75) is 13.5 Å². The maximum Gasteiger partial charge on any atom is 0.238 e. The second kappa shape index (κ2) is 6.89. The number of likely N-dealkylation sites (N-methyl/N-ethyl adjacent to an activating group) is 1. The van der Waals surface area contributed by atoms with Gasteiger partial charge in [-0.2, -0.15) is 0 Å². The van der Waals surface area contributed by atoms with E-state index in [0.717, 1.165) is 10.6 Å². The topological polar surface area (TPSA) is 71.2 Å². The third-order valence-electron chi connectivity index (χ3n) is 2.96. The zero-order valence-corrected chi connectivity index (χ0v) is 13.5. The second-order valence-corrected chi connectivity index (χ2v) is 6.19. The first-order chi connectivity index (χ1) is 9.95. The van der Waals surface area contributed by atoms with E-state index in [1.165, 1.54) is 0 Å². The highest BCUT2D eigenvalue weighted by Gasteiger charge is 2.11. The SMILES string of the molecule is Cc1ncsc1CN(C)CC(=O)Nc1ccc(Cl)cc1N. The molecule has 2 aromatic rings. The van der Waals surface area contributed by atoms with Gasteiger partial charge in [0.25, 0.3) is 0 Å². The number of nitrogens with zero attached hydrogens (tertiary/aromatic N) is 2. The summed E-state index contributed by atoms with van der Waals surface area (Å²) in [4.78, 5) is 19.3.